The number of hydrogen-bond acceptors (Lipinski definition) is 5. The first kappa shape index (κ1) is 25.4. The molecule has 1 saturated heterocycles. The van der Waals surface area contributed by atoms with E-state index in [1.807, 2.05) is 36.4 Å². The maximum absolute atomic E-state index is 13.1. The number of rotatable bonds is 13. The molecule has 0 aromatic heterocycles. The number of hydrogen-bond donors (Lipinski definition) is 2. The predicted molar refractivity (Wildman–Crippen MR) is 130 cm³/mol. The Kier molecular flexibility index (Phi) is 9.47. The summed E-state index contributed by atoms with van der Waals surface area (Å²) in [6.07, 6.45) is 5.11. The van der Waals surface area contributed by atoms with Gasteiger partial charge in [-0.2, -0.15) is 0 Å². The van der Waals surface area contributed by atoms with Crippen molar-refractivity contribution >= 4 is 15.8 Å². The molecule has 6 nitrogen and oxygen atoms in total. The molecule has 0 radical (unpaired) electrons. The van der Waals surface area contributed by atoms with Crippen molar-refractivity contribution in [2.24, 2.45) is 5.92 Å². The number of benzene rings is 2. The van der Waals surface area contributed by atoms with Crippen molar-refractivity contribution in [1.29, 1.82) is 0 Å². The first-order valence-corrected chi connectivity index (χ1v) is 13.6. The van der Waals surface area contributed by atoms with Gasteiger partial charge < -0.3 is 15.2 Å². The molecule has 1 fully saturated rings. The minimum Gasteiger partial charge on any atom is -0.479 e. The molecule has 1 atom stereocenters. The van der Waals surface area contributed by atoms with Gasteiger partial charge in [0.25, 0.3) is 0 Å². The zero-order valence-electron chi connectivity index (χ0n) is 19.1. The number of sulfone groups is 1. The minimum absolute atomic E-state index is 0.00544. The topological polar surface area (TPSA) is 92.7 Å². The molecule has 0 amide bonds. The molecule has 7 heteroatoms. The number of aliphatic carboxylic acids is 1. The van der Waals surface area contributed by atoms with Crippen LogP contribution in [0, 0.1) is 5.92 Å². The maximum Gasteiger partial charge on any atom is 0.337 e. The Labute approximate surface area is 197 Å². The molecule has 0 spiro atoms. The molecule has 3 rings (SSSR count). The van der Waals surface area contributed by atoms with Crippen molar-refractivity contribution in [2.75, 3.05) is 25.4 Å². The van der Waals surface area contributed by atoms with Gasteiger partial charge in [-0.15, -0.1) is 0 Å². The molecule has 33 heavy (non-hydrogen) atoms. The number of nitrogens with one attached hydrogen (secondary N) is 1. The van der Waals surface area contributed by atoms with Crippen LogP contribution in [0.1, 0.15) is 43.2 Å². The third kappa shape index (κ3) is 8.25. The maximum atomic E-state index is 13.1. The highest BCUT2D eigenvalue weighted by atomic mass is 32.2. The molecule has 0 bridgehead atoms. The van der Waals surface area contributed by atoms with E-state index in [0.717, 1.165) is 31.5 Å². The van der Waals surface area contributed by atoms with Crippen LogP contribution < -0.4 is 5.32 Å². The Morgan fingerprint density at radius 2 is 1.58 bits per heavy atom. The first-order chi connectivity index (χ1) is 15.9. The summed E-state index contributed by atoms with van der Waals surface area (Å²) in [5.41, 5.74) is -0.438. The average Bonchev–Trinajstić information content (AvgIpc) is 2.80. The van der Waals surface area contributed by atoms with Crippen molar-refractivity contribution in [3.8, 4) is 0 Å². The van der Waals surface area contributed by atoms with E-state index >= 15 is 0 Å². The second kappa shape index (κ2) is 12.3. The number of ether oxygens (including phenoxy) is 1. The highest BCUT2D eigenvalue weighted by molar-refractivity contribution is 7.90. The summed E-state index contributed by atoms with van der Waals surface area (Å²) >= 11 is 0. The molecule has 0 aliphatic carbocycles. The predicted octanol–water partition coefficient (Wildman–Crippen LogP) is 3.85. The molecule has 2 aromatic carbocycles. The zero-order chi connectivity index (χ0) is 23.6. The Bertz CT molecular complexity index is 959. The monoisotopic (exact) mass is 473 g/mol. The summed E-state index contributed by atoms with van der Waals surface area (Å²) in [5.74, 6) is -1.31. The van der Waals surface area contributed by atoms with Crippen LogP contribution in [-0.4, -0.2) is 50.5 Å². The van der Waals surface area contributed by atoms with Gasteiger partial charge >= 0.3 is 5.97 Å². The van der Waals surface area contributed by atoms with Gasteiger partial charge in [-0.3, -0.25) is 0 Å². The SMILES string of the molecule is O=C(O)C(Cc1ccccc1)(CS(=O)(=O)Cc1ccccc1)OCCCCC1CCNCC1. The lowest BCUT2D eigenvalue weighted by atomic mass is 9.92. The summed E-state index contributed by atoms with van der Waals surface area (Å²) in [4.78, 5) is 12.5. The fourth-order valence-electron chi connectivity index (χ4n) is 4.48. The Morgan fingerprint density at radius 1 is 0.970 bits per heavy atom. The molecule has 0 saturated carbocycles. The van der Waals surface area contributed by atoms with Crippen molar-refractivity contribution in [2.45, 2.75) is 49.9 Å². The van der Waals surface area contributed by atoms with Crippen LogP contribution in [0.25, 0.3) is 0 Å². The largest absolute Gasteiger partial charge is 0.479 e. The number of carboxylic acids is 1. The lowest BCUT2D eigenvalue weighted by Gasteiger charge is -2.30. The van der Waals surface area contributed by atoms with Crippen LogP contribution in [-0.2, 0) is 31.5 Å². The zero-order valence-corrected chi connectivity index (χ0v) is 19.9. The number of piperidine rings is 1. The van der Waals surface area contributed by atoms with Gasteiger partial charge in [0.05, 0.1) is 11.5 Å². The second-order valence-electron chi connectivity index (χ2n) is 9.02. The van der Waals surface area contributed by atoms with E-state index in [1.54, 1.807) is 24.3 Å². The fraction of sp³-hybridized carbons (Fsp3) is 0.500. The van der Waals surface area contributed by atoms with Crippen LogP contribution in [0.15, 0.2) is 60.7 Å². The van der Waals surface area contributed by atoms with Crippen molar-refractivity contribution < 1.29 is 23.1 Å². The van der Waals surface area contributed by atoms with Crippen LogP contribution in [0.5, 0.6) is 0 Å². The van der Waals surface area contributed by atoms with E-state index in [1.165, 1.54) is 12.8 Å². The van der Waals surface area contributed by atoms with Crippen molar-refractivity contribution in [3.63, 3.8) is 0 Å². The molecule has 1 aliphatic heterocycles. The smallest absolute Gasteiger partial charge is 0.337 e. The van der Waals surface area contributed by atoms with E-state index in [4.69, 9.17) is 4.74 Å². The summed E-state index contributed by atoms with van der Waals surface area (Å²) < 4.78 is 32.1. The molecule has 1 unspecified atom stereocenters. The van der Waals surface area contributed by atoms with Crippen LogP contribution in [0.4, 0.5) is 0 Å². The molecule has 1 heterocycles. The lowest BCUT2D eigenvalue weighted by molar-refractivity contribution is -0.163. The fourth-order valence-corrected chi connectivity index (χ4v) is 6.30. The Morgan fingerprint density at radius 3 is 2.18 bits per heavy atom. The van der Waals surface area contributed by atoms with Gasteiger partial charge in [-0.05, 0) is 49.4 Å². The summed E-state index contributed by atoms with van der Waals surface area (Å²) in [5, 5.41) is 13.5. The van der Waals surface area contributed by atoms with Gasteiger partial charge in [0.1, 0.15) is 0 Å². The summed E-state index contributed by atoms with van der Waals surface area (Å²) in [7, 11) is -3.73. The Hall–Kier alpha value is -2.22. The molecular formula is C26H35NO5S. The lowest BCUT2D eigenvalue weighted by Crippen LogP contribution is -2.50. The van der Waals surface area contributed by atoms with Gasteiger partial charge in [0.2, 0.25) is 0 Å². The van der Waals surface area contributed by atoms with E-state index in [0.29, 0.717) is 17.9 Å². The van der Waals surface area contributed by atoms with Gasteiger partial charge in [0.15, 0.2) is 15.4 Å². The number of unbranched alkanes of at least 4 members (excludes halogenated alkanes) is 1. The minimum atomic E-state index is -3.73. The van der Waals surface area contributed by atoms with Gasteiger partial charge in [-0.1, -0.05) is 73.5 Å². The van der Waals surface area contributed by atoms with Gasteiger partial charge in [-0.25, -0.2) is 13.2 Å². The number of carboxylic acid groups (broad SMARTS) is 1. The summed E-state index contributed by atoms with van der Waals surface area (Å²) in [6.45, 7) is 2.34. The first-order valence-electron chi connectivity index (χ1n) is 11.7. The Balaban J connectivity index is 1.69. The standard InChI is InChI=1S/C26H35NO5S/c28-25(29)26(19-23-10-3-1-4-11-23,21-33(30,31)20-24-12-5-2-6-13-24)32-18-8-7-9-22-14-16-27-17-15-22/h1-6,10-13,22,27H,7-9,14-21H2,(H,28,29). The highest BCUT2D eigenvalue weighted by Crippen LogP contribution is 2.25. The third-order valence-electron chi connectivity index (χ3n) is 6.25. The van der Waals surface area contributed by atoms with Crippen LogP contribution >= 0.6 is 0 Å². The normalized spacial score (nSPS) is 16.8. The second-order valence-corrected chi connectivity index (χ2v) is 11.1. The van der Waals surface area contributed by atoms with E-state index < -0.39 is 27.2 Å². The molecule has 2 aromatic rings. The van der Waals surface area contributed by atoms with E-state index in [9.17, 15) is 18.3 Å². The van der Waals surface area contributed by atoms with Crippen LogP contribution in [0.3, 0.4) is 0 Å². The average molecular weight is 474 g/mol. The molecule has 2 N–H and O–H groups in total. The molecular weight excluding hydrogens is 438 g/mol. The molecule has 1 aliphatic rings. The molecule has 180 valence electrons. The van der Waals surface area contributed by atoms with Crippen molar-refractivity contribution in [1.82, 2.24) is 5.32 Å². The quantitative estimate of drug-likeness (QED) is 0.429. The van der Waals surface area contributed by atoms with Crippen molar-refractivity contribution in [3.05, 3.63) is 71.8 Å². The third-order valence-corrected chi connectivity index (χ3v) is 7.93. The number of carbonyl (C=O) groups is 1. The van der Waals surface area contributed by atoms with E-state index in [-0.39, 0.29) is 18.8 Å². The highest BCUT2D eigenvalue weighted by Gasteiger charge is 2.44. The summed E-state index contributed by atoms with van der Waals surface area (Å²) in [6, 6.07) is 17.9. The van der Waals surface area contributed by atoms with E-state index in [2.05, 4.69) is 5.32 Å². The van der Waals surface area contributed by atoms with Crippen LogP contribution in [0.2, 0.25) is 0 Å². The van der Waals surface area contributed by atoms with Gasteiger partial charge in [0, 0.05) is 13.0 Å².